The second-order valence-corrected chi connectivity index (χ2v) is 4.79. The van der Waals surface area contributed by atoms with Crippen LogP contribution in [0.5, 0.6) is 0 Å². The van der Waals surface area contributed by atoms with E-state index in [4.69, 9.17) is 11.6 Å². The van der Waals surface area contributed by atoms with Crippen molar-refractivity contribution in [3.05, 3.63) is 15.0 Å². The van der Waals surface area contributed by atoms with E-state index in [0.29, 0.717) is 16.5 Å². The van der Waals surface area contributed by atoms with Gasteiger partial charge in [-0.15, -0.1) is 11.3 Å². The molecule has 14 heavy (non-hydrogen) atoms. The number of hydrogen-bond acceptors (Lipinski definition) is 4. The van der Waals surface area contributed by atoms with Crippen LogP contribution in [-0.4, -0.2) is 24.4 Å². The number of carbonyl (C=O) groups excluding carboxylic acids is 1. The number of nitrogens with one attached hydrogen (secondary N) is 1. The molecule has 0 amide bonds. The van der Waals surface area contributed by atoms with Crippen LogP contribution in [0.15, 0.2) is 0 Å². The summed E-state index contributed by atoms with van der Waals surface area (Å²) in [6, 6.07) is 0. The van der Waals surface area contributed by atoms with E-state index in [9.17, 15) is 4.79 Å². The number of carbonyl (C=O) groups is 1. The minimum absolute atomic E-state index is 0.0367. The maximum absolute atomic E-state index is 11.6. The lowest BCUT2D eigenvalue weighted by molar-refractivity contribution is 0.0976. The van der Waals surface area contributed by atoms with Gasteiger partial charge in [-0.3, -0.25) is 4.79 Å². The van der Waals surface area contributed by atoms with Gasteiger partial charge in [0.15, 0.2) is 5.78 Å². The minimum Gasteiger partial charge on any atom is -0.320 e. The Kier molecular flexibility index (Phi) is 4.51. The fourth-order valence-corrected chi connectivity index (χ4v) is 2.25. The summed E-state index contributed by atoms with van der Waals surface area (Å²) >= 11 is 7.23. The lowest BCUT2D eigenvalue weighted by Crippen LogP contribution is -2.10. The fraction of sp³-hybridized carbons (Fsp3) is 0.556. The summed E-state index contributed by atoms with van der Waals surface area (Å²) in [5.41, 5.74) is 0.435. The highest BCUT2D eigenvalue weighted by Gasteiger charge is 2.14. The topological polar surface area (TPSA) is 42.0 Å². The molecule has 78 valence electrons. The summed E-state index contributed by atoms with van der Waals surface area (Å²) < 4.78 is 0.511. The van der Waals surface area contributed by atoms with Gasteiger partial charge in [0.25, 0.3) is 0 Å². The molecular formula is C9H13ClN2OS. The van der Waals surface area contributed by atoms with Gasteiger partial charge in [-0.1, -0.05) is 11.6 Å². The Bertz CT molecular complexity index is 325. The lowest BCUT2D eigenvalue weighted by atomic mass is 10.2. The molecular weight excluding hydrogens is 220 g/mol. The van der Waals surface area contributed by atoms with E-state index in [2.05, 4.69) is 10.3 Å². The monoisotopic (exact) mass is 232 g/mol. The van der Waals surface area contributed by atoms with E-state index < -0.39 is 0 Å². The van der Waals surface area contributed by atoms with Gasteiger partial charge in [0.1, 0.15) is 10.0 Å². The second kappa shape index (κ2) is 5.44. The smallest absolute Gasteiger partial charge is 0.183 e. The molecule has 1 rings (SSSR count). The maximum Gasteiger partial charge on any atom is 0.183 e. The molecule has 0 atom stereocenters. The van der Waals surface area contributed by atoms with Crippen molar-refractivity contribution in [3.8, 4) is 0 Å². The fourth-order valence-electron chi connectivity index (χ4n) is 1.12. The summed E-state index contributed by atoms with van der Waals surface area (Å²) in [7, 11) is 1.87. The quantitative estimate of drug-likeness (QED) is 0.626. The van der Waals surface area contributed by atoms with Crippen LogP contribution in [-0.2, 0) is 0 Å². The van der Waals surface area contributed by atoms with Crippen LogP contribution < -0.4 is 5.32 Å². The molecule has 0 spiro atoms. The Morgan fingerprint density at radius 2 is 2.36 bits per heavy atom. The van der Waals surface area contributed by atoms with Crippen molar-refractivity contribution in [2.24, 2.45) is 0 Å². The maximum atomic E-state index is 11.6. The van der Waals surface area contributed by atoms with Crippen molar-refractivity contribution < 1.29 is 4.79 Å². The first-order chi connectivity index (χ1) is 6.65. The third-order valence-corrected chi connectivity index (χ3v) is 2.96. The SMILES string of the molecule is CNCCCC(=O)c1nc(C)sc1Cl. The van der Waals surface area contributed by atoms with Gasteiger partial charge < -0.3 is 5.32 Å². The summed E-state index contributed by atoms with van der Waals surface area (Å²) in [5.74, 6) is 0.0367. The second-order valence-electron chi connectivity index (χ2n) is 2.99. The van der Waals surface area contributed by atoms with Crippen molar-refractivity contribution in [1.29, 1.82) is 0 Å². The Labute approximate surface area is 92.5 Å². The predicted molar refractivity (Wildman–Crippen MR) is 59.4 cm³/mol. The van der Waals surface area contributed by atoms with E-state index in [1.54, 1.807) is 0 Å². The molecule has 1 N–H and O–H groups in total. The van der Waals surface area contributed by atoms with Crippen molar-refractivity contribution in [1.82, 2.24) is 10.3 Å². The molecule has 1 aromatic heterocycles. The normalized spacial score (nSPS) is 10.5. The number of thiazole rings is 1. The molecule has 0 fully saturated rings. The number of aromatic nitrogens is 1. The Morgan fingerprint density at radius 3 is 2.86 bits per heavy atom. The average Bonchev–Trinajstić information content (AvgIpc) is 2.45. The Balaban J connectivity index is 2.56. The van der Waals surface area contributed by atoms with E-state index in [0.717, 1.165) is 18.0 Å². The largest absolute Gasteiger partial charge is 0.320 e. The van der Waals surface area contributed by atoms with Gasteiger partial charge >= 0.3 is 0 Å². The van der Waals surface area contributed by atoms with Gasteiger partial charge in [-0.2, -0.15) is 0 Å². The van der Waals surface area contributed by atoms with Crippen molar-refractivity contribution >= 4 is 28.7 Å². The zero-order chi connectivity index (χ0) is 10.6. The van der Waals surface area contributed by atoms with E-state index in [1.807, 2.05) is 14.0 Å². The molecule has 5 heteroatoms. The molecule has 0 radical (unpaired) electrons. The van der Waals surface area contributed by atoms with E-state index in [-0.39, 0.29) is 5.78 Å². The van der Waals surface area contributed by atoms with Gasteiger partial charge in [0.2, 0.25) is 0 Å². The molecule has 0 aliphatic rings. The molecule has 0 aromatic carbocycles. The van der Waals surface area contributed by atoms with E-state index in [1.165, 1.54) is 11.3 Å². The third-order valence-electron chi connectivity index (χ3n) is 1.79. The highest BCUT2D eigenvalue weighted by Crippen LogP contribution is 2.24. The first-order valence-corrected chi connectivity index (χ1v) is 5.65. The third kappa shape index (κ3) is 3.04. The van der Waals surface area contributed by atoms with Crippen LogP contribution in [0.25, 0.3) is 0 Å². The Morgan fingerprint density at radius 1 is 1.64 bits per heavy atom. The summed E-state index contributed by atoms with van der Waals surface area (Å²) in [4.78, 5) is 15.7. The number of rotatable bonds is 5. The van der Waals surface area contributed by atoms with Crippen molar-refractivity contribution in [2.75, 3.05) is 13.6 Å². The summed E-state index contributed by atoms with van der Waals surface area (Å²) in [5, 5.41) is 3.83. The summed E-state index contributed by atoms with van der Waals surface area (Å²) in [6.45, 7) is 2.69. The van der Waals surface area contributed by atoms with Crippen LogP contribution in [0.2, 0.25) is 4.34 Å². The molecule has 3 nitrogen and oxygen atoms in total. The van der Waals surface area contributed by atoms with Gasteiger partial charge in [-0.25, -0.2) is 4.98 Å². The first kappa shape index (κ1) is 11.6. The zero-order valence-electron chi connectivity index (χ0n) is 8.26. The van der Waals surface area contributed by atoms with Crippen LogP contribution in [0.3, 0.4) is 0 Å². The standard InChI is InChI=1S/C9H13ClN2OS/c1-6-12-8(9(10)14-6)7(13)4-3-5-11-2/h11H,3-5H2,1-2H3. The molecule has 1 aromatic rings. The number of halogens is 1. The van der Waals surface area contributed by atoms with Crippen LogP contribution in [0.1, 0.15) is 28.3 Å². The number of ketones is 1. The highest BCUT2D eigenvalue weighted by atomic mass is 35.5. The Hall–Kier alpha value is -0.450. The molecule has 0 saturated carbocycles. The predicted octanol–water partition coefficient (Wildman–Crippen LogP) is 2.29. The van der Waals surface area contributed by atoms with Gasteiger partial charge in [-0.05, 0) is 26.9 Å². The first-order valence-electron chi connectivity index (χ1n) is 4.46. The van der Waals surface area contributed by atoms with Gasteiger partial charge in [0, 0.05) is 6.42 Å². The number of hydrogen-bond donors (Lipinski definition) is 1. The molecule has 0 aliphatic carbocycles. The van der Waals surface area contributed by atoms with Crippen LogP contribution in [0.4, 0.5) is 0 Å². The highest BCUT2D eigenvalue weighted by molar-refractivity contribution is 7.16. The zero-order valence-corrected chi connectivity index (χ0v) is 9.84. The molecule has 0 saturated heterocycles. The summed E-state index contributed by atoms with van der Waals surface area (Å²) in [6.07, 6.45) is 1.33. The van der Waals surface area contributed by atoms with Crippen molar-refractivity contribution in [2.45, 2.75) is 19.8 Å². The van der Waals surface area contributed by atoms with Crippen molar-refractivity contribution in [3.63, 3.8) is 0 Å². The van der Waals surface area contributed by atoms with Crippen LogP contribution >= 0.6 is 22.9 Å². The van der Waals surface area contributed by atoms with Gasteiger partial charge in [0.05, 0.1) is 5.01 Å². The average molecular weight is 233 g/mol. The van der Waals surface area contributed by atoms with Crippen LogP contribution in [0, 0.1) is 6.92 Å². The minimum atomic E-state index is 0.0367. The molecule has 0 aliphatic heterocycles. The number of aryl methyl sites for hydroxylation is 1. The number of Topliss-reactive ketones (excluding diaryl/α,β-unsaturated/α-hetero) is 1. The van der Waals surface area contributed by atoms with E-state index >= 15 is 0 Å². The number of nitrogens with zero attached hydrogens (tertiary/aromatic N) is 1. The molecule has 0 unspecified atom stereocenters. The molecule has 1 heterocycles. The molecule has 0 bridgehead atoms. The lowest BCUT2D eigenvalue weighted by Gasteiger charge is -1.97.